The zero-order valence-corrected chi connectivity index (χ0v) is 44.7. The number of aromatic hydroxyl groups is 2. The third-order valence-corrected chi connectivity index (χ3v) is 10.3. The molecule has 2 aromatic rings. The first-order valence-electron chi connectivity index (χ1n) is 24.6. The van der Waals surface area contributed by atoms with Crippen molar-refractivity contribution in [3.05, 3.63) is 47.5 Å². The standard InChI is InChI=1S/C51H78N8O15/c1-48(2,3)71-44(67)52-21-13-15-34(40(63)54-27-33(60)28-55-46(69)73-50(7,8)9)56-42(65)36-25-31-23-29(17-19-38(31)61)30-18-20-39(62)32(24-30)26-37(59-47(70)74-51(10,11)12)43(66)57-35(41(64)58-36)16-14-22-53-45(68)72-49(4,5)6/h17-20,23-24,33-37,60-62H,13-16,21-22,25-28H2,1-12H3,(H,52,67)(H,53,68)(H,54,63)(H,55,69)(H,56,65)(H,57,66)(H,58,64)(H,59,70)/t33?,34-,35-,36-,37-/m0/s1. The van der Waals surface area contributed by atoms with Gasteiger partial charge in [0.05, 0.1) is 6.10 Å². The maximum atomic E-state index is 14.6. The lowest BCUT2D eigenvalue weighted by Crippen LogP contribution is -2.59. The van der Waals surface area contributed by atoms with E-state index in [0.29, 0.717) is 11.1 Å². The minimum absolute atomic E-state index is 0.00470. The van der Waals surface area contributed by atoms with E-state index in [1.54, 1.807) is 107 Å². The van der Waals surface area contributed by atoms with Gasteiger partial charge in [-0.05, 0) is 155 Å². The van der Waals surface area contributed by atoms with Crippen molar-refractivity contribution < 1.29 is 72.6 Å². The van der Waals surface area contributed by atoms with E-state index < -0.39 is 101 Å². The molecule has 11 N–H and O–H groups in total. The molecule has 0 aliphatic carbocycles. The zero-order chi connectivity index (χ0) is 55.8. The van der Waals surface area contributed by atoms with Crippen LogP contribution in [0.25, 0.3) is 11.1 Å². The number of phenols is 2. The molecule has 1 heterocycles. The molecule has 412 valence electrons. The summed E-state index contributed by atoms with van der Waals surface area (Å²) in [6.07, 6.45) is -5.26. The average Bonchev–Trinajstić information content (AvgIpc) is 3.25. The molecule has 1 unspecified atom stereocenters. The van der Waals surface area contributed by atoms with Gasteiger partial charge in [0.25, 0.3) is 0 Å². The highest BCUT2D eigenvalue weighted by atomic mass is 16.6. The molecule has 0 spiro atoms. The summed E-state index contributed by atoms with van der Waals surface area (Å²) in [5, 5.41) is 53.7. The topological polar surface area (TPSA) is 330 Å². The second-order valence-electron chi connectivity index (χ2n) is 21.9. The SMILES string of the molecule is CC(C)(C)OC(=O)NCCC[C@H](NC(=O)[C@@H]1Cc2cc(ccc2O)-c2ccc(O)c(c2)C[C@H](NC(=O)OC(C)(C)C)C(=O)N[C@@H](CCCNC(=O)OC(C)(C)C)C(=O)N1)C(=O)NCC(O)CNC(=O)OC(C)(C)C. The number of carbonyl (C=O) groups is 8. The maximum Gasteiger partial charge on any atom is 0.408 e. The number of phenolic OH excluding ortho intramolecular Hbond substituents is 2. The normalized spacial score (nSPS) is 17.2. The summed E-state index contributed by atoms with van der Waals surface area (Å²) in [6.45, 7) is 19.3. The van der Waals surface area contributed by atoms with Crippen LogP contribution in [0, 0.1) is 0 Å². The van der Waals surface area contributed by atoms with E-state index in [-0.39, 0.29) is 87.3 Å². The van der Waals surface area contributed by atoms with Gasteiger partial charge < -0.3 is 76.8 Å². The van der Waals surface area contributed by atoms with Gasteiger partial charge in [-0.15, -0.1) is 0 Å². The van der Waals surface area contributed by atoms with E-state index in [4.69, 9.17) is 18.9 Å². The second-order valence-corrected chi connectivity index (χ2v) is 21.9. The number of carbonyl (C=O) groups excluding carboxylic acids is 8. The predicted octanol–water partition coefficient (Wildman–Crippen LogP) is 3.82. The smallest absolute Gasteiger partial charge is 0.408 e. The van der Waals surface area contributed by atoms with E-state index in [9.17, 15) is 53.7 Å². The van der Waals surface area contributed by atoms with E-state index in [1.165, 1.54) is 12.1 Å². The zero-order valence-electron chi connectivity index (χ0n) is 44.7. The molecule has 0 radical (unpaired) electrons. The van der Waals surface area contributed by atoms with E-state index in [0.717, 1.165) is 0 Å². The highest BCUT2D eigenvalue weighted by Gasteiger charge is 2.34. The van der Waals surface area contributed by atoms with E-state index in [1.807, 2.05) is 0 Å². The average molecular weight is 1040 g/mol. The van der Waals surface area contributed by atoms with Crippen molar-refractivity contribution in [2.45, 2.75) is 174 Å². The van der Waals surface area contributed by atoms with Gasteiger partial charge in [-0.2, -0.15) is 0 Å². The fourth-order valence-electron chi connectivity index (χ4n) is 7.07. The highest BCUT2D eigenvalue weighted by Crippen LogP contribution is 2.31. The van der Waals surface area contributed by atoms with Crippen LogP contribution in [0.3, 0.4) is 0 Å². The number of aliphatic hydroxyl groups excluding tert-OH is 1. The number of amides is 8. The lowest BCUT2D eigenvalue weighted by molar-refractivity contribution is -0.134. The Morgan fingerprint density at radius 1 is 0.608 bits per heavy atom. The molecule has 5 atom stereocenters. The molecule has 4 bridgehead atoms. The Labute approximate surface area is 432 Å². The van der Waals surface area contributed by atoms with Gasteiger partial charge in [0, 0.05) is 39.0 Å². The maximum absolute atomic E-state index is 14.6. The first-order chi connectivity index (χ1) is 34.2. The predicted molar refractivity (Wildman–Crippen MR) is 272 cm³/mol. The number of alkyl carbamates (subject to hydrolysis) is 4. The van der Waals surface area contributed by atoms with Crippen molar-refractivity contribution in [2.75, 3.05) is 26.2 Å². The quantitative estimate of drug-likeness (QED) is 0.0841. The van der Waals surface area contributed by atoms with Crippen LogP contribution in [0.4, 0.5) is 19.2 Å². The number of fused-ring (bicyclic) bond motifs is 5. The number of rotatable bonds is 16. The molecule has 1 aliphatic rings. The second kappa shape index (κ2) is 26.8. The molecule has 3 rings (SSSR count). The van der Waals surface area contributed by atoms with Crippen LogP contribution in [0.5, 0.6) is 11.5 Å². The summed E-state index contributed by atoms with van der Waals surface area (Å²) in [5.74, 6) is -3.98. The van der Waals surface area contributed by atoms with E-state index in [2.05, 4.69) is 42.5 Å². The van der Waals surface area contributed by atoms with Crippen molar-refractivity contribution in [3.8, 4) is 22.6 Å². The molecule has 2 aromatic carbocycles. The number of benzene rings is 2. The Hall–Kier alpha value is -7.04. The molecule has 1 aliphatic heterocycles. The first-order valence-corrected chi connectivity index (χ1v) is 24.6. The lowest BCUT2D eigenvalue weighted by Gasteiger charge is -2.27. The minimum Gasteiger partial charge on any atom is -0.508 e. The van der Waals surface area contributed by atoms with Crippen LogP contribution < -0.4 is 42.5 Å². The first kappa shape index (κ1) is 61.3. The molecule has 0 fully saturated rings. The number of nitrogens with one attached hydrogen (secondary N) is 8. The van der Waals surface area contributed by atoms with Crippen LogP contribution in [0.1, 0.15) is 120 Å². The van der Waals surface area contributed by atoms with Crippen LogP contribution in [-0.2, 0) is 51.0 Å². The Morgan fingerprint density at radius 2 is 1.07 bits per heavy atom. The minimum atomic E-state index is -1.57. The number of aliphatic hydroxyl groups is 1. The van der Waals surface area contributed by atoms with Crippen molar-refractivity contribution in [1.82, 2.24) is 42.5 Å². The third kappa shape index (κ3) is 23.2. The monoisotopic (exact) mass is 1040 g/mol. The summed E-state index contributed by atoms with van der Waals surface area (Å²) < 4.78 is 21.3. The van der Waals surface area contributed by atoms with Crippen molar-refractivity contribution in [3.63, 3.8) is 0 Å². The summed E-state index contributed by atoms with van der Waals surface area (Å²) in [5.41, 5.74) is -2.01. The van der Waals surface area contributed by atoms with Crippen molar-refractivity contribution in [2.24, 2.45) is 0 Å². The summed E-state index contributed by atoms with van der Waals surface area (Å²) in [4.78, 5) is 108. The Morgan fingerprint density at radius 3 is 1.58 bits per heavy atom. The van der Waals surface area contributed by atoms with Gasteiger partial charge >= 0.3 is 24.4 Å². The molecule has 74 heavy (non-hydrogen) atoms. The Balaban J connectivity index is 2.08. The van der Waals surface area contributed by atoms with Gasteiger partial charge in [-0.1, -0.05) is 12.1 Å². The van der Waals surface area contributed by atoms with Crippen molar-refractivity contribution in [1.29, 1.82) is 0 Å². The van der Waals surface area contributed by atoms with Crippen LogP contribution in [0.2, 0.25) is 0 Å². The van der Waals surface area contributed by atoms with Gasteiger partial charge in [0.1, 0.15) is 58.1 Å². The third-order valence-electron chi connectivity index (χ3n) is 10.3. The molecule has 8 amide bonds. The molecule has 23 nitrogen and oxygen atoms in total. The molecular formula is C51H78N8O15. The lowest BCUT2D eigenvalue weighted by atomic mass is 9.95. The van der Waals surface area contributed by atoms with Crippen molar-refractivity contribution >= 4 is 48.0 Å². The fourth-order valence-corrected chi connectivity index (χ4v) is 7.07. The summed E-state index contributed by atoms with van der Waals surface area (Å²) in [7, 11) is 0. The van der Waals surface area contributed by atoms with E-state index >= 15 is 0 Å². The summed E-state index contributed by atoms with van der Waals surface area (Å²) in [6, 6.07) is 3.24. The van der Waals surface area contributed by atoms with Gasteiger partial charge in [-0.25, -0.2) is 19.2 Å². The molecule has 0 saturated carbocycles. The summed E-state index contributed by atoms with van der Waals surface area (Å²) >= 11 is 0. The van der Waals surface area contributed by atoms with Crippen LogP contribution in [-0.4, -0.2) is 142 Å². The van der Waals surface area contributed by atoms with Crippen LogP contribution in [0.15, 0.2) is 36.4 Å². The van der Waals surface area contributed by atoms with Crippen LogP contribution >= 0.6 is 0 Å². The fraction of sp³-hybridized carbons (Fsp3) is 0.608. The van der Waals surface area contributed by atoms with Gasteiger partial charge in [-0.3, -0.25) is 19.2 Å². The molecular weight excluding hydrogens is 965 g/mol. The number of hydrogen-bond donors (Lipinski definition) is 11. The Bertz CT molecular complexity index is 2300. The van der Waals surface area contributed by atoms with Gasteiger partial charge in [0.15, 0.2) is 0 Å². The largest absolute Gasteiger partial charge is 0.508 e. The Kier molecular flexibility index (Phi) is 22.2. The molecule has 0 saturated heterocycles. The van der Waals surface area contributed by atoms with Gasteiger partial charge in [0.2, 0.25) is 23.6 Å². The number of ether oxygens (including phenoxy) is 4. The highest BCUT2D eigenvalue weighted by molar-refractivity contribution is 5.95. The molecule has 23 heteroatoms. The number of hydrogen-bond acceptors (Lipinski definition) is 15. The molecule has 0 aromatic heterocycles.